The van der Waals surface area contributed by atoms with Crippen LogP contribution in [0.1, 0.15) is 39.0 Å². The molecule has 0 atom stereocenters. The van der Waals surface area contributed by atoms with Gasteiger partial charge < -0.3 is 5.32 Å². The summed E-state index contributed by atoms with van der Waals surface area (Å²) in [6, 6.07) is 0. The van der Waals surface area contributed by atoms with E-state index in [9.17, 15) is 13.2 Å². The molecule has 1 aliphatic rings. The maximum absolute atomic E-state index is 11.7. The van der Waals surface area contributed by atoms with Crippen LogP contribution in [0.2, 0.25) is 0 Å². The Morgan fingerprint density at radius 1 is 1.35 bits per heavy atom. The number of nitrogens with one attached hydrogen (secondary N) is 1. The topological polar surface area (TPSA) is 66.5 Å². The Morgan fingerprint density at radius 3 is 2.76 bits per heavy atom. The first-order valence-corrected chi connectivity index (χ1v) is 7.91. The van der Waals surface area contributed by atoms with Gasteiger partial charge in [-0.1, -0.05) is 6.92 Å². The minimum absolute atomic E-state index is 0.0500. The molecule has 0 aromatic heterocycles. The van der Waals surface area contributed by atoms with Crippen molar-refractivity contribution in [2.24, 2.45) is 0 Å². The van der Waals surface area contributed by atoms with E-state index < -0.39 is 10.0 Å². The molecule has 1 amide bonds. The number of rotatable bonds is 6. The summed E-state index contributed by atoms with van der Waals surface area (Å²) in [5.74, 6) is 0.323. The molecule has 1 fully saturated rings. The zero-order chi connectivity index (χ0) is 12.7. The van der Waals surface area contributed by atoms with E-state index in [1.807, 2.05) is 6.92 Å². The monoisotopic (exact) mass is 262 g/mol. The second-order valence-electron chi connectivity index (χ2n) is 4.38. The lowest BCUT2D eigenvalue weighted by molar-refractivity contribution is -0.121. The van der Waals surface area contributed by atoms with Crippen LogP contribution in [0, 0.1) is 0 Å². The maximum atomic E-state index is 11.7. The molecule has 0 spiro atoms. The van der Waals surface area contributed by atoms with Crippen LogP contribution in [-0.4, -0.2) is 44.0 Å². The highest BCUT2D eigenvalue weighted by Crippen LogP contribution is 2.13. The highest BCUT2D eigenvalue weighted by Gasteiger charge is 2.24. The van der Waals surface area contributed by atoms with Crippen LogP contribution in [0.15, 0.2) is 0 Å². The molecular formula is C11H22N2O3S. The van der Waals surface area contributed by atoms with Gasteiger partial charge in [-0.2, -0.15) is 0 Å². The van der Waals surface area contributed by atoms with Gasteiger partial charge in [0.1, 0.15) is 0 Å². The van der Waals surface area contributed by atoms with Crippen molar-refractivity contribution in [1.29, 1.82) is 0 Å². The van der Waals surface area contributed by atoms with E-state index in [1.54, 1.807) is 4.31 Å². The highest BCUT2D eigenvalue weighted by molar-refractivity contribution is 7.89. The minimum atomic E-state index is -3.01. The Labute approximate surface area is 104 Å². The van der Waals surface area contributed by atoms with E-state index in [-0.39, 0.29) is 11.7 Å². The number of nitrogens with zero attached hydrogens (tertiary/aromatic N) is 1. The fourth-order valence-corrected chi connectivity index (χ4v) is 3.53. The Hall–Kier alpha value is -0.620. The average molecular weight is 262 g/mol. The second kappa shape index (κ2) is 6.96. The molecule has 1 aliphatic heterocycles. The number of hydrogen-bond acceptors (Lipinski definition) is 3. The van der Waals surface area contributed by atoms with Crippen LogP contribution in [0.5, 0.6) is 0 Å². The quantitative estimate of drug-likeness (QED) is 0.717. The molecule has 17 heavy (non-hydrogen) atoms. The van der Waals surface area contributed by atoms with Gasteiger partial charge >= 0.3 is 0 Å². The van der Waals surface area contributed by atoms with Crippen molar-refractivity contribution < 1.29 is 13.2 Å². The molecule has 0 unspecified atom stereocenters. The lowest BCUT2D eigenvalue weighted by Crippen LogP contribution is -2.39. The van der Waals surface area contributed by atoms with Gasteiger partial charge in [-0.05, 0) is 25.7 Å². The normalized spacial score (nSPS) is 20.1. The zero-order valence-electron chi connectivity index (χ0n) is 10.4. The van der Waals surface area contributed by atoms with E-state index >= 15 is 0 Å². The van der Waals surface area contributed by atoms with Crippen molar-refractivity contribution in [2.45, 2.75) is 39.0 Å². The number of carbonyl (C=O) groups is 1. The second-order valence-corrected chi connectivity index (χ2v) is 6.46. The molecule has 1 rings (SSSR count). The average Bonchev–Trinajstić information content (AvgIpc) is 2.26. The summed E-state index contributed by atoms with van der Waals surface area (Å²) < 4.78 is 24.8. The Morgan fingerprint density at radius 2 is 2.12 bits per heavy atom. The molecule has 0 radical (unpaired) electrons. The molecule has 6 heteroatoms. The van der Waals surface area contributed by atoms with E-state index in [4.69, 9.17) is 0 Å². The summed E-state index contributed by atoms with van der Waals surface area (Å²) in [5, 5.41) is 2.79. The molecule has 0 aliphatic carbocycles. The predicted molar refractivity (Wildman–Crippen MR) is 67.1 cm³/mol. The third-order valence-corrected chi connectivity index (χ3v) is 4.79. The van der Waals surface area contributed by atoms with Crippen molar-refractivity contribution >= 4 is 15.9 Å². The predicted octanol–water partition coefficient (Wildman–Crippen LogP) is 0.718. The van der Waals surface area contributed by atoms with Crippen molar-refractivity contribution in [3.05, 3.63) is 0 Å². The first-order chi connectivity index (χ1) is 8.06. The zero-order valence-corrected chi connectivity index (χ0v) is 11.3. The number of sulfonamides is 1. The maximum Gasteiger partial charge on any atom is 0.219 e. The smallest absolute Gasteiger partial charge is 0.219 e. The molecule has 1 saturated heterocycles. The van der Waals surface area contributed by atoms with E-state index in [2.05, 4.69) is 5.32 Å². The first kappa shape index (κ1) is 14.4. The Bertz CT molecular complexity index is 341. The van der Waals surface area contributed by atoms with Gasteiger partial charge in [-0.3, -0.25) is 4.79 Å². The van der Waals surface area contributed by atoms with Gasteiger partial charge in [0.15, 0.2) is 0 Å². The van der Waals surface area contributed by atoms with Crippen LogP contribution in [0.25, 0.3) is 0 Å². The van der Waals surface area contributed by atoms with Crippen molar-refractivity contribution in [3.63, 3.8) is 0 Å². The standard InChI is InChI=1S/C11H22N2O3S/c1-2-6-11(14)12-7-5-9-13-8-3-4-10-17(13,15)16/h2-10H2,1H3,(H,12,14). The SMILES string of the molecule is CCCC(=O)NCCCN1CCCCS1(=O)=O. The number of carbonyl (C=O) groups excluding carboxylic acids is 1. The van der Waals surface area contributed by atoms with Crippen LogP contribution in [-0.2, 0) is 14.8 Å². The lowest BCUT2D eigenvalue weighted by atomic mass is 10.3. The van der Waals surface area contributed by atoms with Gasteiger partial charge in [0.05, 0.1) is 5.75 Å². The minimum Gasteiger partial charge on any atom is -0.356 e. The fourth-order valence-electron chi connectivity index (χ4n) is 1.89. The van der Waals surface area contributed by atoms with Crippen LogP contribution >= 0.6 is 0 Å². The molecule has 0 aromatic carbocycles. The third-order valence-electron chi connectivity index (χ3n) is 2.84. The van der Waals surface area contributed by atoms with Gasteiger partial charge in [0.25, 0.3) is 0 Å². The molecule has 0 aromatic rings. The third kappa shape index (κ3) is 5.04. The Balaban J connectivity index is 2.20. The van der Waals surface area contributed by atoms with Crippen molar-refractivity contribution in [3.8, 4) is 0 Å². The van der Waals surface area contributed by atoms with E-state index in [0.717, 1.165) is 19.3 Å². The van der Waals surface area contributed by atoms with Gasteiger partial charge in [0, 0.05) is 26.1 Å². The van der Waals surface area contributed by atoms with Crippen LogP contribution < -0.4 is 5.32 Å². The summed E-state index contributed by atoms with van der Waals surface area (Å²) in [7, 11) is -3.01. The van der Waals surface area contributed by atoms with Crippen LogP contribution in [0.3, 0.4) is 0 Å². The van der Waals surface area contributed by atoms with Crippen molar-refractivity contribution in [1.82, 2.24) is 9.62 Å². The molecule has 1 heterocycles. The summed E-state index contributed by atoms with van der Waals surface area (Å²) >= 11 is 0. The fraction of sp³-hybridized carbons (Fsp3) is 0.909. The van der Waals surface area contributed by atoms with Gasteiger partial charge in [0.2, 0.25) is 15.9 Å². The van der Waals surface area contributed by atoms with E-state index in [0.29, 0.717) is 32.5 Å². The molecule has 0 saturated carbocycles. The summed E-state index contributed by atoms with van der Waals surface area (Å²) in [6.07, 6.45) is 3.79. The van der Waals surface area contributed by atoms with Gasteiger partial charge in [-0.15, -0.1) is 0 Å². The molecule has 0 bridgehead atoms. The molecule has 100 valence electrons. The number of amides is 1. The molecular weight excluding hydrogens is 240 g/mol. The molecule has 5 nitrogen and oxygen atoms in total. The van der Waals surface area contributed by atoms with Gasteiger partial charge in [-0.25, -0.2) is 12.7 Å². The van der Waals surface area contributed by atoms with Crippen LogP contribution in [0.4, 0.5) is 0 Å². The Kier molecular flexibility index (Phi) is 5.91. The summed E-state index contributed by atoms with van der Waals surface area (Å²) in [4.78, 5) is 11.2. The lowest BCUT2D eigenvalue weighted by Gasteiger charge is -2.26. The number of hydrogen-bond donors (Lipinski definition) is 1. The highest BCUT2D eigenvalue weighted by atomic mass is 32.2. The first-order valence-electron chi connectivity index (χ1n) is 6.31. The molecule has 1 N–H and O–H groups in total. The van der Waals surface area contributed by atoms with E-state index in [1.165, 1.54) is 0 Å². The summed E-state index contributed by atoms with van der Waals surface area (Å²) in [6.45, 7) is 3.67. The van der Waals surface area contributed by atoms with Crippen molar-refractivity contribution in [2.75, 3.05) is 25.4 Å². The summed E-state index contributed by atoms with van der Waals surface area (Å²) in [5.41, 5.74) is 0. The largest absolute Gasteiger partial charge is 0.356 e.